The molecule has 3 rings (SSSR count). The molecule has 0 saturated heterocycles. The summed E-state index contributed by atoms with van der Waals surface area (Å²) < 4.78 is 5.82. The summed E-state index contributed by atoms with van der Waals surface area (Å²) >= 11 is 0. The van der Waals surface area contributed by atoms with E-state index in [0.717, 1.165) is 5.56 Å². The molecule has 3 N–H and O–H groups in total. The van der Waals surface area contributed by atoms with Crippen LogP contribution in [0.5, 0.6) is 11.5 Å². The van der Waals surface area contributed by atoms with E-state index in [2.05, 4.69) is 4.99 Å². The number of aliphatic imine (C=N–C) groups is 1. The van der Waals surface area contributed by atoms with Gasteiger partial charge in [-0.05, 0) is 48.0 Å². The average molecular weight is 391 g/mol. The van der Waals surface area contributed by atoms with Crippen molar-refractivity contribution in [3.05, 3.63) is 89.0 Å². The van der Waals surface area contributed by atoms with Gasteiger partial charge in [0.1, 0.15) is 23.7 Å². The van der Waals surface area contributed by atoms with Crippen molar-refractivity contribution < 1.29 is 29.6 Å². The Hall–Kier alpha value is -4.13. The summed E-state index contributed by atoms with van der Waals surface area (Å²) in [5, 5.41) is 27.6. The van der Waals surface area contributed by atoms with Crippen LogP contribution in [0.3, 0.4) is 0 Å². The molecule has 3 aromatic carbocycles. The third-order valence-corrected chi connectivity index (χ3v) is 4.08. The molecule has 0 bridgehead atoms. The van der Waals surface area contributed by atoms with Crippen LogP contribution in [0, 0.1) is 0 Å². The van der Waals surface area contributed by atoms with E-state index >= 15 is 0 Å². The first kappa shape index (κ1) is 19.6. The zero-order valence-electron chi connectivity index (χ0n) is 15.1. The Balaban J connectivity index is 1.75. The van der Waals surface area contributed by atoms with Crippen molar-refractivity contribution in [3.8, 4) is 11.5 Å². The Morgan fingerprint density at radius 1 is 0.931 bits per heavy atom. The van der Waals surface area contributed by atoms with Gasteiger partial charge < -0.3 is 20.1 Å². The maximum Gasteiger partial charge on any atom is 0.339 e. The summed E-state index contributed by atoms with van der Waals surface area (Å²) in [6.45, 7) is 0.243. The highest BCUT2D eigenvalue weighted by atomic mass is 16.5. The highest BCUT2D eigenvalue weighted by Crippen LogP contribution is 2.24. The van der Waals surface area contributed by atoms with Gasteiger partial charge in [-0.25, -0.2) is 9.59 Å². The topological polar surface area (TPSA) is 116 Å². The van der Waals surface area contributed by atoms with E-state index in [4.69, 9.17) is 14.9 Å². The van der Waals surface area contributed by atoms with Gasteiger partial charge in [0, 0.05) is 11.8 Å². The molecule has 0 radical (unpaired) electrons. The average Bonchev–Trinajstić information content (AvgIpc) is 2.72. The normalized spacial score (nSPS) is 10.8. The molecule has 0 aromatic heterocycles. The molecule has 146 valence electrons. The maximum absolute atomic E-state index is 11.1. The third kappa shape index (κ3) is 4.98. The molecule has 0 aliphatic heterocycles. The Kier molecular flexibility index (Phi) is 5.89. The Morgan fingerprint density at radius 3 is 2.34 bits per heavy atom. The fraction of sp³-hybridized carbons (Fsp3) is 0.0455. The fourth-order valence-electron chi connectivity index (χ4n) is 2.54. The summed E-state index contributed by atoms with van der Waals surface area (Å²) in [4.78, 5) is 26.3. The van der Waals surface area contributed by atoms with Crippen molar-refractivity contribution in [2.75, 3.05) is 0 Å². The molecule has 0 fully saturated rings. The molecule has 0 heterocycles. The minimum absolute atomic E-state index is 0.205. The van der Waals surface area contributed by atoms with Crippen LogP contribution in [0.1, 0.15) is 31.8 Å². The van der Waals surface area contributed by atoms with Gasteiger partial charge in [0.15, 0.2) is 0 Å². The van der Waals surface area contributed by atoms with Crippen LogP contribution in [0.15, 0.2) is 71.7 Å². The van der Waals surface area contributed by atoms with Crippen molar-refractivity contribution in [3.63, 3.8) is 0 Å². The summed E-state index contributed by atoms with van der Waals surface area (Å²) in [5.74, 6) is -1.98. The number of hydrogen-bond acceptors (Lipinski definition) is 5. The van der Waals surface area contributed by atoms with Gasteiger partial charge >= 0.3 is 11.9 Å². The number of carbonyl (C=O) groups is 2. The Bertz CT molecular complexity index is 1070. The lowest BCUT2D eigenvalue weighted by atomic mass is 10.1. The lowest BCUT2D eigenvalue weighted by Crippen LogP contribution is -2.00. The summed E-state index contributed by atoms with van der Waals surface area (Å²) in [7, 11) is 0. The molecule has 0 amide bonds. The van der Waals surface area contributed by atoms with Gasteiger partial charge in [0.25, 0.3) is 0 Å². The second-order valence-electron chi connectivity index (χ2n) is 6.09. The second kappa shape index (κ2) is 8.71. The molecule has 0 atom stereocenters. The van der Waals surface area contributed by atoms with Crippen molar-refractivity contribution in [2.24, 2.45) is 4.99 Å². The zero-order chi connectivity index (χ0) is 20.8. The lowest BCUT2D eigenvalue weighted by Gasteiger charge is -2.09. The van der Waals surface area contributed by atoms with E-state index < -0.39 is 11.9 Å². The first-order chi connectivity index (χ1) is 13.9. The van der Waals surface area contributed by atoms with Gasteiger partial charge in [-0.1, -0.05) is 24.3 Å². The molecule has 0 saturated carbocycles. The molecule has 7 heteroatoms. The number of aromatic carboxylic acids is 2. The van der Waals surface area contributed by atoms with E-state index in [0.29, 0.717) is 17.0 Å². The van der Waals surface area contributed by atoms with Crippen LogP contribution >= 0.6 is 0 Å². The lowest BCUT2D eigenvalue weighted by molar-refractivity contribution is 0.0684. The van der Waals surface area contributed by atoms with Crippen LogP contribution in [-0.4, -0.2) is 33.5 Å². The molecule has 0 spiro atoms. The van der Waals surface area contributed by atoms with Crippen molar-refractivity contribution in [2.45, 2.75) is 6.61 Å². The zero-order valence-corrected chi connectivity index (χ0v) is 15.1. The SMILES string of the molecule is O=C(O)c1ccc(COc2ccccc2C=Nc2ccc(O)c(C(=O)O)c2)cc1. The van der Waals surface area contributed by atoms with Crippen LogP contribution in [0.4, 0.5) is 5.69 Å². The van der Waals surface area contributed by atoms with Gasteiger partial charge in [-0.3, -0.25) is 4.99 Å². The van der Waals surface area contributed by atoms with Gasteiger partial charge in [-0.15, -0.1) is 0 Å². The molecule has 0 aliphatic carbocycles. The highest BCUT2D eigenvalue weighted by Gasteiger charge is 2.10. The minimum atomic E-state index is -1.24. The largest absolute Gasteiger partial charge is 0.507 e. The Morgan fingerprint density at radius 2 is 1.66 bits per heavy atom. The molecule has 0 unspecified atom stereocenters. The Labute approximate surface area is 166 Å². The minimum Gasteiger partial charge on any atom is -0.507 e. The number of carboxylic acids is 2. The maximum atomic E-state index is 11.1. The number of hydrogen-bond donors (Lipinski definition) is 3. The van der Waals surface area contributed by atoms with E-state index in [1.165, 1.54) is 30.3 Å². The van der Waals surface area contributed by atoms with Gasteiger partial charge in [-0.2, -0.15) is 0 Å². The summed E-state index contributed by atoms with van der Waals surface area (Å²) in [6.07, 6.45) is 1.54. The molecule has 7 nitrogen and oxygen atoms in total. The molecule has 29 heavy (non-hydrogen) atoms. The monoisotopic (exact) mass is 391 g/mol. The third-order valence-electron chi connectivity index (χ3n) is 4.08. The van der Waals surface area contributed by atoms with E-state index in [1.54, 1.807) is 30.5 Å². The van der Waals surface area contributed by atoms with Crippen molar-refractivity contribution in [1.29, 1.82) is 0 Å². The summed E-state index contributed by atoms with van der Waals surface area (Å²) in [6, 6.07) is 17.6. The quantitative estimate of drug-likeness (QED) is 0.522. The number of nitrogens with zero attached hydrogens (tertiary/aromatic N) is 1. The van der Waals surface area contributed by atoms with Gasteiger partial charge in [0.2, 0.25) is 0 Å². The van der Waals surface area contributed by atoms with Crippen LogP contribution in [0.25, 0.3) is 0 Å². The van der Waals surface area contributed by atoms with E-state index in [-0.39, 0.29) is 23.5 Å². The predicted molar refractivity (Wildman–Crippen MR) is 106 cm³/mol. The number of phenols is 1. The first-order valence-electron chi connectivity index (χ1n) is 8.58. The molecule has 0 aliphatic rings. The molecule has 3 aromatic rings. The van der Waals surface area contributed by atoms with Crippen LogP contribution in [-0.2, 0) is 6.61 Å². The predicted octanol–water partition coefficient (Wildman–Crippen LogP) is 4.12. The number of benzene rings is 3. The van der Waals surface area contributed by atoms with Crippen LogP contribution in [0.2, 0.25) is 0 Å². The molecular weight excluding hydrogens is 374 g/mol. The second-order valence-corrected chi connectivity index (χ2v) is 6.09. The summed E-state index contributed by atoms with van der Waals surface area (Å²) in [5.41, 5.74) is 1.84. The smallest absolute Gasteiger partial charge is 0.339 e. The fourth-order valence-corrected chi connectivity index (χ4v) is 2.54. The van der Waals surface area contributed by atoms with Gasteiger partial charge in [0.05, 0.1) is 11.3 Å². The van der Waals surface area contributed by atoms with E-state index in [9.17, 15) is 14.7 Å². The van der Waals surface area contributed by atoms with E-state index in [1.807, 2.05) is 12.1 Å². The number of para-hydroxylation sites is 1. The van der Waals surface area contributed by atoms with Crippen molar-refractivity contribution in [1.82, 2.24) is 0 Å². The number of rotatable bonds is 7. The number of aromatic hydroxyl groups is 1. The standard InChI is InChI=1S/C22H17NO6/c24-19-10-9-17(11-18(19)22(27)28)23-12-16-3-1-2-4-20(16)29-13-14-5-7-15(8-6-14)21(25)26/h1-12,24H,13H2,(H,25,26)(H,27,28). The number of ether oxygens (including phenoxy) is 1. The number of carboxylic acid groups (broad SMARTS) is 2. The first-order valence-corrected chi connectivity index (χ1v) is 8.58. The molecular formula is C22H17NO6. The van der Waals surface area contributed by atoms with Crippen LogP contribution < -0.4 is 4.74 Å². The highest BCUT2D eigenvalue weighted by molar-refractivity contribution is 5.92. The van der Waals surface area contributed by atoms with Crippen molar-refractivity contribution >= 4 is 23.8 Å².